The third-order valence-electron chi connectivity index (χ3n) is 9.46. The largest absolute Gasteiger partial charge is 0.479 e. The average Bonchev–Trinajstić information content (AvgIpc) is 3.61. The van der Waals surface area contributed by atoms with Gasteiger partial charge in [0, 0.05) is 72.0 Å². The molecular weight excluding hydrogens is 726 g/mol. The van der Waals surface area contributed by atoms with Crippen LogP contribution in [0, 0.1) is 21.4 Å². The molecule has 0 radical (unpaired) electrons. The number of nitrogens with zero attached hydrogens (tertiary/aromatic N) is 9. The molecule has 3 amide bonds. The lowest BCUT2D eigenvalue weighted by Gasteiger charge is -2.38. The molecule has 4 heterocycles. The molecule has 0 aliphatic carbocycles. The highest BCUT2D eigenvalue weighted by molar-refractivity contribution is 5.95. The topological polar surface area (TPSA) is 267 Å². The minimum absolute atomic E-state index is 0.0564. The number of carboxylic acid groups (broad SMARTS) is 1. The van der Waals surface area contributed by atoms with Crippen molar-refractivity contribution in [1.29, 1.82) is 5.26 Å². The maximum atomic E-state index is 13.5. The monoisotopic (exact) mass is 767 g/mol. The lowest BCUT2D eigenvalue weighted by atomic mass is 10.0. The Labute approximate surface area is 313 Å². The van der Waals surface area contributed by atoms with Crippen LogP contribution in [0.1, 0.15) is 31.2 Å². The molecule has 5 rings (SSSR count). The number of ether oxygens (including phenoxy) is 3. The molecule has 0 spiro atoms. The predicted octanol–water partition coefficient (Wildman–Crippen LogP) is 1.15. The molecule has 2 aliphatic heterocycles. The van der Waals surface area contributed by atoms with Gasteiger partial charge in [-0.2, -0.15) is 5.26 Å². The third kappa shape index (κ3) is 9.17. The van der Waals surface area contributed by atoms with Crippen LogP contribution in [0.15, 0.2) is 36.8 Å². The van der Waals surface area contributed by atoms with Gasteiger partial charge < -0.3 is 49.1 Å². The number of nitriles is 1. The number of aliphatic hydroxyl groups is 2. The summed E-state index contributed by atoms with van der Waals surface area (Å²) in [5, 5.41) is 50.5. The van der Waals surface area contributed by atoms with Gasteiger partial charge in [-0.1, -0.05) is 6.07 Å². The van der Waals surface area contributed by atoms with Gasteiger partial charge in [-0.3, -0.25) is 19.5 Å². The number of aromatic nitrogens is 3. The van der Waals surface area contributed by atoms with Crippen LogP contribution in [0.4, 0.5) is 21.1 Å². The van der Waals surface area contributed by atoms with Gasteiger partial charge in [0.1, 0.15) is 31.3 Å². The van der Waals surface area contributed by atoms with Crippen LogP contribution in [-0.4, -0.2) is 151 Å². The number of hydrogen-bond donors (Lipinski definition) is 3. The van der Waals surface area contributed by atoms with Gasteiger partial charge in [0.2, 0.25) is 12.2 Å². The number of aliphatic carboxylic acids is 1. The van der Waals surface area contributed by atoms with E-state index in [1.807, 2.05) is 18.0 Å². The molecule has 55 heavy (non-hydrogen) atoms. The van der Waals surface area contributed by atoms with Crippen molar-refractivity contribution in [2.24, 2.45) is 0 Å². The smallest absolute Gasteiger partial charge is 0.409 e. The van der Waals surface area contributed by atoms with E-state index in [4.69, 9.17) is 19.5 Å². The quantitative estimate of drug-likeness (QED) is 0.172. The molecule has 2 fully saturated rings. The zero-order chi connectivity index (χ0) is 40.0. The zero-order valence-electron chi connectivity index (χ0n) is 30.3. The molecule has 294 valence electrons. The van der Waals surface area contributed by atoms with Crippen molar-refractivity contribution in [3.63, 3.8) is 0 Å². The summed E-state index contributed by atoms with van der Waals surface area (Å²) in [6.45, 7) is 0.840. The van der Waals surface area contributed by atoms with Gasteiger partial charge in [-0.15, -0.1) is 0 Å². The fourth-order valence-electron chi connectivity index (χ4n) is 6.30. The minimum Gasteiger partial charge on any atom is -0.479 e. The van der Waals surface area contributed by atoms with Crippen molar-refractivity contribution in [3.05, 3.63) is 52.5 Å². The normalized spacial score (nSPS) is 20.9. The lowest BCUT2D eigenvalue weighted by Crippen LogP contribution is -2.53. The zero-order valence-corrected chi connectivity index (χ0v) is 30.3. The van der Waals surface area contributed by atoms with E-state index in [0.717, 1.165) is 18.9 Å². The second kappa shape index (κ2) is 17.4. The van der Waals surface area contributed by atoms with Gasteiger partial charge in [-0.05, 0) is 30.5 Å². The summed E-state index contributed by atoms with van der Waals surface area (Å²) in [5.41, 5.74) is 0.0625. The summed E-state index contributed by atoms with van der Waals surface area (Å²) >= 11 is 0. The Hall–Kier alpha value is -6.11. The van der Waals surface area contributed by atoms with Crippen molar-refractivity contribution >= 4 is 46.5 Å². The van der Waals surface area contributed by atoms with E-state index in [9.17, 15) is 44.6 Å². The molecule has 3 N–H and O–H groups in total. The van der Waals surface area contributed by atoms with Crippen molar-refractivity contribution in [2.75, 3.05) is 52.2 Å². The number of anilines is 1. The van der Waals surface area contributed by atoms with Crippen molar-refractivity contribution < 1.29 is 53.6 Å². The number of rotatable bonds is 12. The maximum absolute atomic E-state index is 13.5. The molecule has 2 aliphatic rings. The number of carbonyl (C=O) groups is 4. The number of benzene rings is 1. The van der Waals surface area contributed by atoms with Gasteiger partial charge >= 0.3 is 23.8 Å². The highest BCUT2D eigenvalue weighted by Gasteiger charge is 2.42. The standard InChI is InChI=1S/C34H41N9O12/c1-38(33(49)42-12-9-22-30(36-19-37-31(22)42)40(3)21-5-4-11-41(17-21)26(45)8-10-35)13-14-39(2)34(50)53-18-20-6-7-25(23(15-20)43(51)52)54-27-16-24(44)28(46)29(55-27)32(47)48/h6-7,9,12,15,19,21,24,27-29,44,46H,4-5,8,11,13-14,16-18H2,1-3H3,(H,47,48)/t21-,24-,27-,28+,29+/m1/s1. The molecule has 1 aromatic carbocycles. The highest BCUT2D eigenvalue weighted by Crippen LogP contribution is 2.32. The van der Waals surface area contributed by atoms with Crippen LogP contribution < -0.4 is 9.64 Å². The summed E-state index contributed by atoms with van der Waals surface area (Å²) in [6.07, 6.45) is -3.20. The predicted molar refractivity (Wildman–Crippen MR) is 189 cm³/mol. The first-order chi connectivity index (χ1) is 26.2. The number of likely N-dealkylation sites (N-methyl/N-ethyl adjacent to an activating group) is 3. The molecule has 21 heteroatoms. The van der Waals surface area contributed by atoms with Gasteiger partial charge in [-0.25, -0.2) is 24.4 Å². The van der Waals surface area contributed by atoms with Crippen LogP contribution in [0.25, 0.3) is 11.0 Å². The van der Waals surface area contributed by atoms with E-state index in [2.05, 4.69) is 9.97 Å². The maximum Gasteiger partial charge on any atom is 0.409 e. The number of amides is 3. The fourth-order valence-corrected chi connectivity index (χ4v) is 6.30. The number of hydrogen-bond acceptors (Lipinski definition) is 15. The summed E-state index contributed by atoms with van der Waals surface area (Å²) in [7, 11) is 4.88. The molecule has 21 nitrogen and oxygen atoms in total. The molecule has 0 bridgehead atoms. The van der Waals surface area contributed by atoms with E-state index >= 15 is 0 Å². The Morgan fingerprint density at radius 2 is 1.87 bits per heavy atom. The molecule has 0 saturated carbocycles. The number of piperidine rings is 1. The molecule has 2 aromatic heterocycles. The van der Waals surface area contributed by atoms with E-state index in [1.54, 1.807) is 24.2 Å². The summed E-state index contributed by atoms with van der Waals surface area (Å²) in [4.78, 5) is 76.1. The first kappa shape index (κ1) is 40.1. The SMILES string of the molecule is CN(CCN(C)C(=O)n1ccc2c(N(C)[C@@H]3CCCN(C(=O)CC#N)C3)ncnc21)C(=O)OCc1ccc(O[C@H]2C[C@@H](O)[C@H](O)[C@@H](C(=O)O)O2)c([N+](=O)[O-])c1. The number of aliphatic hydroxyl groups excluding tert-OH is 2. The molecule has 3 aromatic rings. The molecule has 5 atom stereocenters. The minimum atomic E-state index is -1.80. The van der Waals surface area contributed by atoms with Crippen molar-refractivity contribution in [3.8, 4) is 11.8 Å². The van der Waals surface area contributed by atoms with E-state index in [0.29, 0.717) is 29.9 Å². The van der Waals surface area contributed by atoms with Crippen LogP contribution in [0.3, 0.4) is 0 Å². The molecular formula is C34H41N9O12. The first-order valence-electron chi connectivity index (χ1n) is 17.2. The summed E-state index contributed by atoms with van der Waals surface area (Å²) in [5.74, 6) is -1.47. The Kier molecular flexibility index (Phi) is 12.6. The fraction of sp³-hybridized carbons (Fsp3) is 0.500. The van der Waals surface area contributed by atoms with Crippen molar-refractivity contribution in [1.82, 2.24) is 29.2 Å². The van der Waals surface area contributed by atoms with Gasteiger partial charge in [0.15, 0.2) is 17.5 Å². The first-order valence-corrected chi connectivity index (χ1v) is 17.2. The summed E-state index contributed by atoms with van der Waals surface area (Å²) < 4.78 is 17.3. The van der Waals surface area contributed by atoms with E-state index in [1.165, 1.54) is 39.9 Å². The Morgan fingerprint density at radius 3 is 2.58 bits per heavy atom. The number of fused-ring (bicyclic) bond motifs is 1. The van der Waals surface area contributed by atoms with E-state index in [-0.39, 0.29) is 55.8 Å². The third-order valence-corrected chi connectivity index (χ3v) is 9.46. The van der Waals surface area contributed by atoms with Crippen molar-refractivity contribution in [2.45, 2.75) is 62.9 Å². The van der Waals surface area contributed by atoms with Crippen LogP contribution in [0.2, 0.25) is 0 Å². The van der Waals surface area contributed by atoms with Gasteiger partial charge in [0.05, 0.1) is 22.5 Å². The highest BCUT2D eigenvalue weighted by atomic mass is 16.7. The second-order valence-electron chi connectivity index (χ2n) is 13.2. The van der Waals surface area contributed by atoms with E-state index < -0.39 is 53.3 Å². The van der Waals surface area contributed by atoms with Crippen LogP contribution >= 0.6 is 0 Å². The molecule has 0 unspecified atom stereocenters. The van der Waals surface area contributed by atoms with Crippen LogP contribution in [-0.2, 0) is 25.7 Å². The number of carbonyl (C=O) groups excluding carboxylic acids is 3. The Morgan fingerprint density at radius 1 is 1.13 bits per heavy atom. The number of nitro groups is 1. The number of nitro benzene ring substituents is 1. The number of likely N-dealkylation sites (tertiary alicyclic amines) is 1. The average molecular weight is 768 g/mol. The van der Waals surface area contributed by atoms with Gasteiger partial charge in [0.25, 0.3) is 0 Å². The molecule has 2 saturated heterocycles. The Bertz CT molecular complexity index is 1970. The Balaban J connectivity index is 1.15. The van der Waals surface area contributed by atoms with Crippen LogP contribution in [0.5, 0.6) is 5.75 Å². The lowest BCUT2D eigenvalue weighted by molar-refractivity contribution is -0.386. The second-order valence-corrected chi connectivity index (χ2v) is 13.2. The summed E-state index contributed by atoms with van der Waals surface area (Å²) in [6, 6.07) is 6.86. The number of carboxylic acids is 1.